The van der Waals surface area contributed by atoms with Gasteiger partial charge in [0.2, 0.25) is 11.6 Å². The monoisotopic (exact) mass is 447 g/mol. The SMILES string of the molecule is COC12[C@@H]3N[C@@H]3CN1C1=C(C(=O)C(NCCN3CCOCC3)=C(C)C1=O)[C@@H]2COC(N)=O. The smallest absolute Gasteiger partial charge is 0.404 e. The summed E-state index contributed by atoms with van der Waals surface area (Å²) in [6.07, 6.45) is -0.930. The van der Waals surface area contributed by atoms with E-state index in [4.69, 9.17) is 19.9 Å². The molecule has 174 valence electrons. The molecule has 0 aromatic carbocycles. The molecule has 3 fully saturated rings. The second-order valence-electron chi connectivity index (χ2n) is 8.80. The predicted molar refractivity (Wildman–Crippen MR) is 111 cm³/mol. The molecule has 0 bridgehead atoms. The summed E-state index contributed by atoms with van der Waals surface area (Å²) in [6.45, 7) is 6.44. The highest BCUT2D eigenvalue weighted by Gasteiger charge is 2.72. The van der Waals surface area contributed by atoms with Gasteiger partial charge in [0.15, 0.2) is 5.72 Å². The number of nitrogens with zero attached hydrogens (tertiary/aromatic N) is 2. The first-order valence-corrected chi connectivity index (χ1v) is 11.0. The molecular weight excluding hydrogens is 418 g/mol. The number of nitrogens with one attached hydrogen (secondary N) is 2. The van der Waals surface area contributed by atoms with Crippen LogP contribution in [0.25, 0.3) is 0 Å². The van der Waals surface area contributed by atoms with Crippen molar-refractivity contribution < 1.29 is 28.6 Å². The summed E-state index contributed by atoms with van der Waals surface area (Å²) in [5.41, 5.74) is 5.66. The summed E-state index contributed by atoms with van der Waals surface area (Å²) in [5, 5.41) is 6.55. The van der Waals surface area contributed by atoms with E-state index in [9.17, 15) is 14.4 Å². The maximum atomic E-state index is 13.7. The standard InChI is InChI=1S/C21H29N5O6/c1-11-15(23-3-4-25-5-7-31-8-6-25)18(28)14-12(10-32-20(22)29)21(30-2)19-13(24-19)9-26(21)16(14)17(11)27/h12-13,19,23-24H,3-10H2,1-2H3,(H2,22,29)/t12-,13+,19+,21?/m0/s1. The third-order valence-corrected chi connectivity index (χ3v) is 7.26. The minimum atomic E-state index is -0.959. The topological polar surface area (TPSA) is 145 Å². The van der Waals surface area contributed by atoms with Gasteiger partial charge in [-0.15, -0.1) is 0 Å². The Bertz CT molecular complexity index is 926. The van der Waals surface area contributed by atoms with Gasteiger partial charge in [0.1, 0.15) is 6.61 Å². The Balaban J connectivity index is 1.41. The van der Waals surface area contributed by atoms with Gasteiger partial charge in [0, 0.05) is 57.0 Å². The number of fused-ring (bicyclic) bond motifs is 4. The van der Waals surface area contributed by atoms with Crippen molar-refractivity contribution in [2.45, 2.75) is 24.7 Å². The van der Waals surface area contributed by atoms with E-state index in [0.717, 1.165) is 19.6 Å². The molecule has 4 N–H and O–H groups in total. The van der Waals surface area contributed by atoms with Crippen LogP contribution in [0.1, 0.15) is 6.92 Å². The van der Waals surface area contributed by atoms with Gasteiger partial charge in [-0.2, -0.15) is 0 Å². The average Bonchev–Trinajstić information content (AvgIpc) is 3.40. The van der Waals surface area contributed by atoms with E-state index in [0.29, 0.717) is 48.8 Å². The largest absolute Gasteiger partial charge is 0.449 e. The van der Waals surface area contributed by atoms with Crippen molar-refractivity contribution in [3.8, 4) is 0 Å². The number of allylic oxidation sites excluding steroid dienone is 2. The number of hydrogen-bond acceptors (Lipinski definition) is 10. The van der Waals surface area contributed by atoms with Gasteiger partial charge < -0.3 is 35.5 Å². The normalized spacial score (nSPS) is 33.9. The molecule has 4 atom stereocenters. The molecule has 3 saturated heterocycles. The van der Waals surface area contributed by atoms with Gasteiger partial charge in [0.05, 0.1) is 36.6 Å². The predicted octanol–water partition coefficient (Wildman–Crippen LogP) is -1.69. The minimum absolute atomic E-state index is 0.0572. The zero-order valence-electron chi connectivity index (χ0n) is 18.3. The number of morpholine rings is 1. The van der Waals surface area contributed by atoms with E-state index >= 15 is 0 Å². The fourth-order valence-corrected chi connectivity index (χ4v) is 5.67. The highest BCUT2D eigenvalue weighted by Crippen LogP contribution is 2.55. The van der Waals surface area contributed by atoms with E-state index in [2.05, 4.69) is 15.5 Å². The number of carbonyl (C=O) groups is 3. The molecule has 0 saturated carbocycles. The van der Waals surface area contributed by atoms with Gasteiger partial charge in [-0.1, -0.05) is 0 Å². The van der Waals surface area contributed by atoms with Crippen molar-refractivity contribution in [3.63, 3.8) is 0 Å². The molecule has 0 spiro atoms. The molecule has 5 aliphatic rings. The van der Waals surface area contributed by atoms with Gasteiger partial charge in [-0.3, -0.25) is 14.5 Å². The molecule has 1 amide bonds. The Labute approximate surface area is 185 Å². The molecule has 0 radical (unpaired) electrons. The van der Waals surface area contributed by atoms with Crippen LogP contribution >= 0.6 is 0 Å². The first-order valence-electron chi connectivity index (χ1n) is 11.0. The molecule has 5 rings (SSSR count). The maximum Gasteiger partial charge on any atom is 0.404 e. The second-order valence-corrected chi connectivity index (χ2v) is 8.80. The third-order valence-electron chi connectivity index (χ3n) is 7.26. The van der Waals surface area contributed by atoms with Crippen LogP contribution in [-0.4, -0.2) is 105 Å². The average molecular weight is 447 g/mol. The van der Waals surface area contributed by atoms with E-state index in [-0.39, 0.29) is 30.3 Å². The number of piperazine rings is 1. The third kappa shape index (κ3) is 3.06. The summed E-state index contributed by atoms with van der Waals surface area (Å²) in [5.74, 6) is -1.07. The van der Waals surface area contributed by atoms with E-state index < -0.39 is 17.7 Å². The fourth-order valence-electron chi connectivity index (χ4n) is 5.67. The van der Waals surface area contributed by atoms with Crippen LogP contribution in [0.4, 0.5) is 4.79 Å². The van der Waals surface area contributed by atoms with Crippen LogP contribution in [0.2, 0.25) is 0 Å². The summed E-state index contributed by atoms with van der Waals surface area (Å²) in [6, 6.07) is 0.110. The summed E-state index contributed by atoms with van der Waals surface area (Å²) in [4.78, 5) is 42.6. The Morgan fingerprint density at radius 1 is 1.31 bits per heavy atom. The van der Waals surface area contributed by atoms with Crippen LogP contribution in [0.15, 0.2) is 22.5 Å². The lowest BCUT2D eigenvalue weighted by Gasteiger charge is -2.39. The number of carbonyl (C=O) groups excluding carboxylic acids is 3. The van der Waals surface area contributed by atoms with Crippen LogP contribution in [0.3, 0.4) is 0 Å². The molecule has 4 heterocycles. The zero-order valence-corrected chi connectivity index (χ0v) is 18.3. The van der Waals surface area contributed by atoms with Crippen molar-refractivity contribution >= 4 is 17.7 Å². The van der Waals surface area contributed by atoms with E-state index in [1.807, 2.05) is 4.90 Å². The highest BCUT2D eigenvalue weighted by molar-refractivity contribution is 6.25. The first-order chi connectivity index (χ1) is 15.4. The van der Waals surface area contributed by atoms with Gasteiger partial charge in [-0.25, -0.2) is 4.79 Å². The quantitative estimate of drug-likeness (QED) is 0.305. The molecule has 11 nitrogen and oxygen atoms in total. The van der Waals surface area contributed by atoms with E-state index in [1.165, 1.54) is 0 Å². The van der Waals surface area contributed by atoms with Crippen molar-refractivity contribution in [3.05, 3.63) is 22.5 Å². The Morgan fingerprint density at radius 3 is 2.75 bits per heavy atom. The van der Waals surface area contributed by atoms with Crippen molar-refractivity contribution in [2.24, 2.45) is 11.7 Å². The minimum Gasteiger partial charge on any atom is -0.449 e. The number of ketones is 2. The number of nitrogens with two attached hydrogens (primary N) is 1. The molecule has 0 aromatic rings. The number of rotatable bonds is 7. The second kappa shape index (κ2) is 7.84. The number of Topliss-reactive ketones (excluding diaryl/α,β-unsaturated/α-hetero) is 2. The van der Waals surface area contributed by atoms with Crippen LogP contribution < -0.4 is 16.4 Å². The molecule has 0 aromatic heterocycles. The van der Waals surface area contributed by atoms with Crippen molar-refractivity contribution in [1.29, 1.82) is 0 Å². The first kappa shape index (κ1) is 21.4. The van der Waals surface area contributed by atoms with Gasteiger partial charge >= 0.3 is 6.09 Å². The number of methoxy groups -OCH3 is 1. The Kier molecular flexibility index (Phi) is 5.24. The molecule has 1 aliphatic carbocycles. The van der Waals surface area contributed by atoms with Crippen molar-refractivity contribution in [2.75, 3.05) is 59.7 Å². The number of hydrogen-bond donors (Lipinski definition) is 3. The van der Waals surface area contributed by atoms with Crippen LogP contribution in [0, 0.1) is 5.92 Å². The lowest BCUT2D eigenvalue weighted by molar-refractivity contribution is -0.137. The van der Waals surface area contributed by atoms with Crippen molar-refractivity contribution in [1.82, 2.24) is 20.4 Å². The maximum absolute atomic E-state index is 13.7. The molecular formula is C21H29N5O6. The Hall–Kier alpha value is -2.47. The van der Waals surface area contributed by atoms with Gasteiger partial charge in [-0.05, 0) is 6.92 Å². The number of ether oxygens (including phenoxy) is 3. The highest BCUT2D eigenvalue weighted by atomic mass is 16.6. The van der Waals surface area contributed by atoms with E-state index in [1.54, 1.807) is 14.0 Å². The van der Waals surface area contributed by atoms with Gasteiger partial charge in [0.25, 0.3) is 0 Å². The molecule has 11 heteroatoms. The lowest BCUT2D eigenvalue weighted by Crippen LogP contribution is -2.55. The number of primary amides is 1. The summed E-state index contributed by atoms with van der Waals surface area (Å²) in [7, 11) is 1.56. The number of amides is 1. The van der Waals surface area contributed by atoms with Crippen LogP contribution in [-0.2, 0) is 23.8 Å². The lowest BCUT2D eigenvalue weighted by atomic mass is 9.82. The molecule has 1 unspecified atom stereocenters. The molecule has 4 aliphatic heterocycles. The summed E-state index contributed by atoms with van der Waals surface area (Å²) >= 11 is 0. The zero-order chi connectivity index (χ0) is 22.6. The molecule has 32 heavy (non-hydrogen) atoms. The fraction of sp³-hybridized carbons (Fsp3) is 0.667. The van der Waals surface area contributed by atoms with Crippen LogP contribution in [0.5, 0.6) is 0 Å². The Morgan fingerprint density at radius 2 is 2.06 bits per heavy atom. The summed E-state index contributed by atoms with van der Waals surface area (Å²) < 4.78 is 16.5.